The molecule has 0 amide bonds. The standard InChI is InChI=1S/C20H21F2N3O2/c1-26-17-8-7-16(11-18(17)27-14-15-5-3-2-4-6-15)12-23-13-19-24-9-10-25(19)20(21)22/h2-11,20,23H,12-14H2,1H3. The van der Waals surface area contributed by atoms with Crippen LogP contribution in [0.2, 0.25) is 0 Å². The minimum absolute atomic E-state index is 0.240. The van der Waals surface area contributed by atoms with Gasteiger partial charge in [0.15, 0.2) is 11.5 Å². The second-order valence-electron chi connectivity index (χ2n) is 5.89. The molecule has 1 N–H and O–H groups in total. The Hall–Kier alpha value is -2.93. The van der Waals surface area contributed by atoms with Crippen LogP contribution in [0.3, 0.4) is 0 Å². The number of imidazole rings is 1. The van der Waals surface area contributed by atoms with Crippen molar-refractivity contribution in [1.82, 2.24) is 14.9 Å². The molecule has 0 spiro atoms. The van der Waals surface area contributed by atoms with Crippen LogP contribution < -0.4 is 14.8 Å². The number of ether oxygens (including phenoxy) is 2. The van der Waals surface area contributed by atoms with Gasteiger partial charge in [-0.25, -0.2) is 4.98 Å². The third-order valence-corrected chi connectivity index (χ3v) is 4.04. The highest BCUT2D eigenvalue weighted by Gasteiger charge is 2.11. The summed E-state index contributed by atoms with van der Waals surface area (Å²) in [6, 6.07) is 15.5. The lowest BCUT2D eigenvalue weighted by Crippen LogP contribution is -2.17. The molecule has 0 saturated heterocycles. The lowest BCUT2D eigenvalue weighted by molar-refractivity contribution is 0.0666. The van der Waals surface area contributed by atoms with Crippen LogP contribution in [-0.2, 0) is 19.7 Å². The number of methoxy groups -OCH3 is 1. The van der Waals surface area contributed by atoms with Crippen molar-refractivity contribution in [1.29, 1.82) is 0 Å². The Labute approximate surface area is 156 Å². The molecule has 0 atom stereocenters. The van der Waals surface area contributed by atoms with Crippen LogP contribution in [0, 0.1) is 0 Å². The Balaban J connectivity index is 1.61. The van der Waals surface area contributed by atoms with E-state index in [1.54, 1.807) is 7.11 Å². The van der Waals surface area contributed by atoms with Crippen molar-refractivity contribution in [3.63, 3.8) is 0 Å². The maximum absolute atomic E-state index is 12.8. The Morgan fingerprint density at radius 2 is 1.85 bits per heavy atom. The van der Waals surface area contributed by atoms with Crippen molar-refractivity contribution < 1.29 is 18.3 Å². The van der Waals surface area contributed by atoms with E-state index in [-0.39, 0.29) is 6.54 Å². The van der Waals surface area contributed by atoms with Crippen LogP contribution in [0.4, 0.5) is 8.78 Å². The molecule has 2 aromatic carbocycles. The summed E-state index contributed by atoms with van der Waals surface area (Å²) in [5, 5.41) is 3.12. The molecule has 27 heavy (non-hydrogen) atoms. The summed E-state index contributed by atoms with van der Waals surface area (Å²) in [7, 11) is 1.59. The Morgan fingerprint density at radius 3 is 2.59 bits per heavy atom. The quantitative estimate of drug-likeness (QED) is 0.612. The fourth-order valence-electron chi connectivity index (χ4n) is 2.66. The molecule has 142 valence electrons. The molecule has 0 aliphatic carbocycles. The summed E-state index contributed by atoms with van der Waals surface area (Å²) >= 11 is 0. The average Bonchev–Trinajstić information content (AvgIpc) is 3.16. The minimum Gasteiger partial charge on any atom is -0.493 e. The molecular weight excluding hydrogens is 352 g/mol. The zero-order valence-corrected chi connectivity index (χ0v) is 14.9. The number of nitrogens with one attached hydrogen (secondary N) is 1. The van der Waals surface area contributed by atoms with Gasteiger partial charge in [0, 0.05) is 18.9 Å². The highest BCUT2D eigenvalue weighted by atomic mass is 19.3. The molecule has 0 unspecified atom stereocenters. The summed E-state index contributed by atoms with van der Waals surface area (Å²) < 4.78 is 37.8. The lowest BCUT2D eigenvalue weighted by Gasteiger charge is -2.13. The molecule has 0 aliphatic heterocycles. The van der Waals surface area contributed by atoms with Crippen LogP contribution in [0.5, 0.6) is 11.5 Å². The Bertz CT molecular complexity index is 853. The minimum atomic E-state index is -2.59. The van der Waals surface area contributed by atoms with E-state index in [4.69, 9.17) is 9.47 Å². The zero-order valence-electron chi connectivity index (χ0n) is 14.9. The molecule has 3 rings (SSSR count). The number of nitrogens with zero attached hydrogens (tertiary/aromatic N) is 2. The van der Waals surface area contributed by atoms with Gasteiger partial charge in [0.1, 0.15) is 12.4 Å². The average molecular weight is 373 g/mol. The first-order valence-corrected chi connectivity index (χ1v) is 8.51. The van der Waals surface area contributed by atoms with Gasteiger partial charge in [-0.3, -0.25) is 4.57 Å². The number of benzene rings is 2. The Kier molecular flexibility index (Phi) is 6.38. The monoisotopic (exact) mass is 373 g/mol. The molecule has 1 aromatic heterocycles. The fourth-order valence-corrected chi connectivity index (χ4v) is 2.66. The molecular formula is C20H21F2N3O2. The second kappa shape index (κ2) is 9.14. The van der Waals surface area contributed by atoms with Crippen molar-refractivity contribution in [3.05, 3.63) is 77.9 Å². The lowest BCUT2D eigenvalue weighted by atomic mass is 10.2. The van der Waals surface area contributed by atoms with Crippen molar-refractivity contribution >= 4 is 0 Å². The SMILES string of the molecule is COc1ccc(CNCc2nccn2C(F)F)cc1OCc1ccccc1. The van der Waals surface area contributed by atoms with Crippen molar-refractivity contribution in [2.24, 2.45) is 0 Å². The van der Waals surface area contributed by atoms with E-state index in [0.717, 1.165) is 15.7 Å². The van der Waals surface area contributed by atoms with Gasteiger partial charge in [-0.15, -0.1) is 0 Å². The van der Waals surface area contributed by atoms with E-state index >= 15 is 0 Å². The number of halogens is 2. The molecule has 7 heteroatoms. The topological polar surface area (TPSA) is 48.3 Å². The van der Waals surface area contributed by atoms with Gasteiger partial charge in [-0.05, 0) is 23.3 Å². The predicted molar refractivity (Wildman–Crippen MR) is 97.8 cm³/mol. The fraction of sp³-hybridized carbons (Fsp3) is 0.250. The van der Waals surface area contributed by atoms with E-state index in [1.807, 2.05) is 48.5 Å². The van der Waals surface area contributed by atoms with Gasteiger partial charge >= 0.3 is 6.55 Å². The highest BCUT2D eigenvalue weighted by Crippen LogP contribution is 2.29. The summed E-state index contributed by atoms with van der Waals surface area (Å²) in [5.41, 5.74) is 2.01. The number of hydrogen-bond acceptors (Lipinski definition) is 4. The van der Waals surface area contributed by atoms with Crippen LogP contribution in [-0.4, -0.2) is 16.7 Å². The molecule has 0 bridgehead atoms. The van der Waals surface area contributed by atoms with Crippen molar-refractivity contribution in [3.8, 4) is 11.5 Å². The number of alkyl halides is 2. The first kappa shape index (κ1) is 18.8. The largest absolute Gasteiger partial charge is 0.493 e. The molecule has 3 aromatic rings. The summed E-state index contributed by atoms with van der Waals surface area (Å²) in [6.07, 6.45) is 2.64. The van der Waals surface area contributed by atoms with Gasteiger partial charge in [0.2, 0.25) is 0 Å². The van der Waals surface area contributed by atoms with Crippen LogP contribution in [0.1, 0.15) is 23.5 Å². The normalized spacial score (nSPS) is 11.0. The molecule has 0 radical (unpaired) electrons. The second-order valence-corrected chi connectivity index (χ2v) is 5.89. The zero-order chi connectivity index (χ0) is 19.1. The maximum atomic E-state index is 12.8. The third-order valence-electron chi connectivity index (χ3n) is 4.04. The maximum Gasteiger partial charge on any atom is 0.319 e. The molecule has 0 saturated carbocycles. The summed E-state index contributed by atoms with van der Waals surface area (Å²) in [5.74, 6) is 1.57. The van der Waals surface area contributed by atoms with E-state index in [9.17, 15) is 8.78 Å². The molecule has 0 aliphatic rings. The van der Waals surface area contributed by atoms with E-state index in [1.165, 1.54) is 12.4 Å². The first-order valence-electron chi connectivity index (χ1n) is 8.51. The van der Waals surface area contributed by atoms with Gasteiger partial charge in [0.05, 0.1) is 13.7 Å². The number of aromatic nitrogens is 2. The third kappa shape index (κ3) is 5.04. The van der Waals surface area contributed by atoms with Crippen LogP contribution >= 0.6 is 0 Å². The molecule has 1 heterocycles. The summed E-state index contributed by atoms with van der Waals surface area (Å²) in [4.78, 5) is 3.95. The first-order chi connectivity index (χ1) is 13.2. The number of hydrogen-bond donors (Lipinski definition) is 1. The number of rotatable bonds is 9. The van der Waals surface area contributed by atoms with Gasteiger partial charge in [-0.1, -0.05) is 36.4 Å². The van der Waals surface area contributed by atoms with Gasteiger partial charge < -0.3 is 14.8 Å². The van der Waals surface area contributed by atoms with Crippen LogP contribution in [0.25, 0.3) is 0 Å². The van der Waals surface area contributed by atoms with E-state index < -0.39 is 6.55 Å². The van der Waals surface area contributed by atoms with Gasteiger partial charge in [0.25, 0.3) is 0 Å². The highest BCUT2D eigenvalue weighted by molar-refractivity contribution is 5.43. The van der Waals surface area contributed by atoms with Gasteiger partial charge in [-0.2, -0.15) is 8.78 Å². The predicted octanol–water partition coefficient (Wildman–Crippen LogP) is 4.16. The van der Waals surface area contributed by atoms with E-state index in [0.29, 0.717) is 30.5 Å². The Morgan fingerprint density at radius 1 is 1.04 bits per heavy atom. The van der Waals surface area contributed by atoms with Crippen LogP contribution in [0.15, 0.2) is 60.9 Å². The van der Waals surface area contributed by atoms with E-state index in [2.05, 4.69) is 10.3 Å². The smallest absolute Gasteiger partial charge is 0.319 e. The molecule has 5 nitrogen and oxygen atoms in total. The molecule has 0 fully saturated rings. The van der Waals surface area contributed by atoms with Crippen molar-refractivity contribution in [2.45, 2.75) is 26.2 Å². The summed E-state index contributed by atoms with van der Waals surface area (Å²) in [6.45, 7) is -1.44. The van der Waals surface area contributed by atoms with Crippen molar-refractivity contribution in [2.75, 3.05) is 7.11 Å².